The number of anilines is 1. The highest BCUT2D eigenvalue weighted by Gasteiger charge is 2.26. The van der Waals surface area contributed by atoms with Crippen LogP contribution in [-0.4, -0.2) is 38.1 Å². The molecule has 0 bridgehead atoms. The van der Waals surface area contributed by atoms with E-state index in [1.807, 2.05) is 24.3 Å². The van der Waals surface area contributed by atoms with Crippen LogP contribution in [0.1, 0.15) is 19.4 Å². The van der Waals surface area contributed by atoms with Crippen LogP contribution < -0.4 is 29.0 Å². The van der Waals surface area contributed by atoms with E-state index in [0.29, 0.717) is 28.6 Å². The largest absolute Gasteiger partial charge is 0.493 e. The lowest BCUT2D eigenvalue weighted by Crippen LogP contribution is -2.28. The minimum Gasteiger partial charge on any atom is -0.493 e. The van der Waals surface area contributed by atoms with Gasteiger partial charge >= 0.3 is 0 Å². The van der Waals surface area contributed by atoms with E-state index < -0.39 is 5.54 Å². The molecule has 0 radical (unpaired) electrons. The van der Waals surface area contributed by atoms with Crippen molar-refractivity contribution < 1.29 is 23.7 Å². The van der Waals surface area contributed by atoms with Gasteiger partial charge in [0.25, 0.3) is 0 Å². The van der Waals surface area contributed by atoms with E-state index in [0.717, 1.165) is 22.4 Å². The van der Waals surface area contributed by atoms with Crippen molar-refractivity contribution in [2.45, 2.75) is 19.4 Å². The zero-order valence-corrected chi connectivity index (χ0v) is 17.0. The molecule has 0 saturated heterocycles. The fraction of sp³-hybridized carbons (Fsp3) is 0.333. The highest BCUT2D eigenvalue weighted by atomic mass is 16.7. The number of hydrogen-bond acceptors (Lipinski definition) is 8. The summed E-state index contributed by atoms with van der Waals surface area (Å²) in [6.07, 6.45) is 1.49. The summed E-state index contributed by atoms with van der Waals surface area (Å²) in [6.45, 7) is 4.37. The molecule has 1 aromatic heterocycles. The van der Waals surface area contributed by atoms with Gasteiger partial charge < -0.3 is 29.0 Å². The fourth-order valence-electron chi connectivity index (χ4n) is 3.42. The normalized spacial score (nSPS) is 12.7. The van der Waals surface area contributed by atoms with Gasteiger partial charge in [-0.2, -0.15) is 0 Å². The van der Waals surface area contributed by atoms with Gasteiger partial charge in [-0.25, -0.2) is 9.97 Å². The Bertz CT molecular complexity index is 1070. The number of hydrogen-bond donors (Lipinski definition) is 1. The highest BCUT2D eigenvalue weighted by molar-refractivity contribution is 5.96. The Hall–Kier alpha value is -3.42. The van der Waals surface area contributed by atoms with Crippen LogP contribution in [0.15, 0.2) is 30.6 Å². The number of nitrogens with one attached hydrogen (secondary N) is 1. The van der Waals surface area contributed by atoms with E-state index in [9.17, 15) is 0 Å². The summed E-state index contributed by atoms with van der Waals surface area (Å²) in [5, 5.41) is 4.27. The van der Waals surface area contributed by atoms with Gasteiger partial charge in [0, 0.05) is 0 Å². The molecular weight excluding hydrogens is 374 g/mol. The Kier molecular flexibility index (Phi) is 4.70. The second kappa shape index (κ2) is 7.20. The number of ether oxygens (including phenoxy) is 5. The molecule has 2 heterocycles. The lowest BCUT2D eigenvalue weighted by Gasteiger charge is -2.28. The average molecular weight is 397 g/mol. The second-order valence-corrected chi connectivity index (χ2v) is 7.08. The van der Waals surface area contributed by atoms with Crippen LogP contribution in [0, 0.1) is 0 Å². The van der Waals surface area contributed by atoms with E-state index >= 15 is 0 Å². The summed E-state index contributed by atoms with van der Waals surface area (Å²) in [6, 6.07) is 7.74. The molecule has 2 aromatic carbocycles. The Morgan fingerprint density at radius 2 is 1.69 bits per heavy atom. The first-order valence-electron chi connectivity index (χ1n) is 9.10. The smallest absolute Gasteiger partial charge is 0.231 e. The molecule has 152 valence electrons. The molecule has 1 N–H and O–H groups in total. The Morgan fingerprint density at radius 3 is 2.41 bits per heavy atom. The second-order valence-electron chi connectivity index (χ2n) is 7.08. The van der Waals surface area contributed by atoms with Crippen LogP contribution in [-0.2, 0) is 5.54 Å². The number of aromatic nitrogens is 2. The lowest BCUT2D eigenvalue weighted by atomic mass is 9.93. The van der Waals surface area contributed by atoms with Crippen LogP contribution in [0.25, 0.3) is 10.9 Å². The Balaban J connectivity index is 1.79. The van der Waals surface area contributed by atoms with E-state index in [2.05, 4.69) is 29.1 Å². The number of benzene rings is 2. The number of fused-ring (bicyclic) bond motifs is 2. The van der Waals surface area contributed by atoms with Crippen molar-refractivity contribution >= 4 is 16.7 Å². The first-order chi connectivity index (χ1) is 14.0. The zero-order chi connectivity index (χ0) is 20.6. The predicted molar refractivity (Wildman–Crippen MR) is 108 cm³/mol. The SMILES string of the molecule is COc1cc2c(NC(C)(C)c3ccc4c(c3)OCO4)ncnc2c(OC)c1OC. The quantitative estimate of drug-likeness (QED) is 0.674. The minimum absolute atomic E-state index is 0.241. The number of methoxy groups -OCH3 is 3. The summed E-state index contributed by atoms with van der Waals surface area (Å²) < 4.78 is 27.4. The molecular formula is C21H23N3O5. The van der Waals surface area contributed by atoms with Crippen molar-refractivity contribution in [3.8, 4) is 28.7 Å². The van der Waals surface area contributed by atoms with Crippen molar-refractivity contribution in [3.05, 3.63) is 36.2 Å². The maximum absolute atomic E-state index is 5.56. The third-order valence-corrected chi connectivity index (χ3v) is 4.96. The molecule has 0 amide bonds. The van der Waals surface area contributed by atoms with Crippen molar-refractivity contribution in [3.63, 3.8) is 0 Å². The topological polar surface area (TPSA) is 84.0 Å². The molecule has 3 aromatic rings. The molecule has 8 heteroatoms. The van der Waals surface area contributed by atoms with E-state index in [1.165, 1.54) is 6.33 Å². The molecule has 0 atom stereocenters. The molecule has 0 fully saturated rings. The summed E-state index contributed by atoms with van der Waals surface area (Å²) in [4.78, 5) is 8.86. The summed E-state index contributed by atoms with van der Waals surface area (Å²) >= 11 is 0. The fourth-order valence-corrected chi connectivity index (χ4v) is 3.42. The van der Waals surface area contributed by atoms with Gasteiger partial charge in [-0.1, -0.05) is 6.07 Å². The first-order valence-corrected chi connectivity index (χ1v) is 9.10. The van der Waals surface area contributed by atoms with Crippen molar-refractivity contribution in [1.29, 1.82) is 0 Å². The van der Waals surface area contributed by atoms with Crippen molar-refractivity contribution in [1.82, 2.24) is 9.97 Å². The molecule has 0 spiro atoms. The summed E-state index contributed by atoms with van der Waals surface area (Å²) in [7, 11) is 4.72. The highest BCUT2D eigenvalue weighted by Crippen LogP contribution is 2.44. The average Bonchev–Trinajstić information content (AvgIpc) is 3.20. The van der Waals surface area contributed by atoms with E-state index in [-0.39, 0.29) is 6.79 Å². The van der Waals surface area contributed by atoms with Gasteiger partial charge in [0.05, 0.1) is 32.3 Å². The van der Waals surface area contributed by atoms with Crippen LogP contribution in [0.4, 0.5) is 5.82 Å². The molecule has 0 saturated carbocycles. The van der Waals surface area contributed by atoms with Crippen LogP contribution >= 0.6 is 0 Å². The monoisotopic (exact) mass is 397 g/mol. The lowest BCUT2D eigenvalue weighted by molar-refractivity contribution is 0.174. The van der Waals surface area contributed by atoms with Crippen LogP contribution in [0.3, 0.4) is 0 Å². The standard InChI is InChI=1S/C21H23N3O5/c1-21(2,12-6-7-14-15(8-12)29-11-28-14)24-20-13-9-16(25-3)18(26-4)19(27-5)17(13)22-10-23-20/h6-10H,11H2,1-5H3,(H,22,23,24). The molecule has 29 heavy (non-hydrogen) atoms. The van der Waals surface area contributed by atoms with Crippen LogP contribution in [0.5, 0.6) is 28.7 Å². The Labute approximate surface area is 168 Å². The number of rotatable bonds is 6. The molecule has 8 nitrogen and oxygen atoms in total. The van der Waals surface area contributed by atoms with E-state index in [1.54, 1.807) is 21.3 Å². The van der Waals surface area contributed by atoms with Gasteiger partial charge in [-0.05, 0) is 37.6 Å². The Morgan fingerprint density at radius 1 is 0.931 bits per heavy atom. The van der Waals surface area contributed by atoms with Crippen LogP contribution in [0.2, 0.25) is 0 Å². The maximum Gasteiger partial charge on any atom is 0.231 e. The predicted octanol–water partition coefficient (Wildman–Crippen LogP) is 3.73. The minimum atomic E-state index is -0.456. The van der Waals surface area contributed by atoms with Gasteiger partial charge in [0.1, 0.15) is 17.7 Å². The van der Waals surface area contributed by atoms with Crippen molar-refractivity contribution in [2.75, 3.05) is 33.4 Å². The summed E-state index contributed by atoms with van der Waals surface area (Å²) in [5.41, 5.74) is 1.20. The van der Waals surface area contributed by atoms with E-state index in [4.69, 9.17) is 23.7 Å². The molecule has 4 rings (SSSR count). The molecule has 0 unspecified atom stereocenters. The molecule has 0 aliphatic carbocycles. The number of nitrogens with zero attached hydrogens (tertiary/aromatic N) is 2. The molecule has 1 aliphatic heterocycles. The van der Waals surface area contributed by atoms with Gasteiger partial charge in [0.15, 0.2) is 23.0 Å². The third-order valence-electron chi connectivity index (χ3n) is 4.96. The van der Waals surface area contributed by atoms with Gasteiger partial charge in [-0.15, -0.1) is 0 Å². The zero-order valence-electron chi connectivity index (χ0n) is 17.0. The first kappa shape index (κ1) is 18.9. The van der Waals surface area contributed by atoms with Gasteiger partial charge in [0.2, 0.25) is 12.5 Å². The van der Waals surface area contributed by atoms with Gasteiger partial charge in [-0.3, -0.25) is 0 Å². The molecule has 1 aliphatic rings. The van der Waals surface area contributed by atoms with Crippen molar-refractivity contribution in [2.24, 2.45) is 0 Å². The maximum atomic E-state index is 5.56. The third kappa shape index (κ3) is 3.20. The summed E-state index contributed by atoms with van der Waals surface area (Å²) in [5.74, 6) is 3.65.